The molecule has 0 atom stereocenters. The molecule has 0 saturated carbocycles. The van der Waals surface area contributed by atoms with E-state index in [1.807, 2.05) is 13.0 Å². The van der Waals surface area contributed by atoms with Gasteiger partial charge in [0.1, 0.15) is 0 Å². The molecule has 1 heterocycles. The quantitative estimate of drug-likeness (QED) is 0.730. The fraction of sp³-hybridized carbons (Fsp3) is 0.200. The largest absolute Gasteiger partial charge is 0.224 e. The van der Waals surface area contributed by atoms with Crippen LogP contribution in [0.1, 0.15) is 5.56 Å². The second kappa shape index (κ2) is 3.27. The maximum absolute atomic E-state index is 11.6. The van der Waals surface area contributed by atoms with Crippen LogP contribution in [0.15, 0.2) is 29.3 Å². The molecule has 0 N–H and O–H groups in total. The number of hydrogen-bond acceptors (Lipinski definition) is 4. The van der Waals surface area contributed by atoms with E-state index in [1.165, 1.54) is 12.5 Å². The van der Waals surface area contributed by atoms with Crippen LogP contribution < -0.4 is 0 Å². The van der Waals surface area contributed by atoms with Gasteiger partial charge in [-0.2, -0.15) is 10.2 Å². The summed E-state index contributed by atoms with van der Waals surface area (Å²) in [5, 5.41) is 8.26. The molecule has 2 rings (SSSR count). The smallest absolute Gasteiger partial charge is 0.176 e. The van der Waals surface area contributed by atoms with Gasteiger partial charge in [-0.25, -0.2) is 8.42 Å². The summed E-state index contributed by atoms with van der Waals surface area (Å²) < 4.78 is 23.1. The minimum atomic E-state index is -3.22. The molecule has 2 aromatic rings. The Bertz CT molecular complexity index is 620. The zero-order chi connectivity index (χ0) is 11.1. The Kier molecular flexibility index (Phi) is 2.19. The Labute approximate surface area is 87.9 Å². The van der Waals surface area contributed by atoms with Gasteiger partial charge in [-0.05, 0) is 30.7 Å². The third-order valence-corrected chi connectivity index (χ3v) is 3.27. The van der Waals surface area contributed by atoms with Crippen LogP contribution in [0.5, 0.6) is 0 Å². The molecule has 78 valence electrons. The molecule has 15 heavy (non-hydrogen) atoms. The highest BCUT2D eigenvalue weighted by Gasteiger charge is 2.12. The lowest BCUT2D eigenvalue weighted by molar-refractivity contribution is 0.602. The van der Waals surface area contributed by atoms with Crippen molar-refractivity contribution in [3.63, 3.8) is 0 Å². The molecule has 0 fully saturated rings. The zero-order valence-corrected chi connectivity index (χ0v) is 9.25. The molecule has 0 radical (unpaired) electrons. The van der Waals surface area contributed by atoms with Crippen LogP contribution in [0.4, 0.5) is 0 Å². The lowest BCUT2D eigenvalue weighted by Crippen LogP contribution is -2.00. The molecule has 0 aliphatic carbocycles. The van der Waals surface area contributed by atoms with E-state index in [4.69, 9.17) is 0 Å². The molecule has 0 spiro atoms. The van der Waals surface area contributed by atoms with Gasteiger partial charge in [0.05, 0.1) is 16.6 Å². The predicted octanol–water partition coefficient (Wildman–Crippen LogP) is 1.34. The van der Waals surface area contributed by atoms with Crippen molar-refractivity contribution in [3.05, 3.63) is 30.0 Å². The number of aryl methyl sites for hydroxylation is 1. The maximum Gasteiger partial charge on any atom is 0.176 e. The number of rotatable bonds is 1. The Morgan fingerprint density at radius 1 is 1.27 bits per heavy atom. The van der Waals surface area contributed by atoms with Crippen molar-refractivity contribution in [3.8, 4) is 0 Å². The summed E-state index contributed by atoms with van der Waals surface area (Å²) in [4.78, 5) is 0.312. The van der Waals surface area contributed by atoms with E-state index in [2.05, 4.69) is 10.2 Å². The van der Waals surface area contributed by atoms with Gasteiger partial charge in [-0.15, -0.1) is 0 Å². The van der Waals surface area contributed by atoms with Crippen molar-refractivity contribution >= 4 is 20.7 Å². The summed E-state index contributed by atoms with van der Waals surface area (Å²) >= 11 is 0. The molecule has 0 unspecified atom stereocenters. The molecule has 1 aromatic carbocycles. The molecule has 4 nitrogen and oxygen atoms in total. The molecule has 0 amide bonds. The van der Waals surface area contributed by atoms with E-state index < -0.39 is 9.84 Å². The first-order chi connectivity index (χ1) is 6.98. The lowest BCUT2D eigenvalue weighted by Gasteiger charge is -2.04. The zero-order valence-electron chi connectivity index (χ0n) is 8.43. The van der Waals surface area contributed by atoms with E-state index in [1.54, 1.807) is 12.1 Å². The number of hydrogen-bond donors (Lipinski definition) is 0. The predicted molar refractivity (Wildman–Crippen MR) is 57.4 cm³/mol. The van der Waals surface area contributed by atoms with Crippen molar-refractivity contribution in [1.82, 2.24) is 10.2 Å². The van der Waals surface area contributed by atoms with Crippen molar-refractivity contribution in [2.24, 2.45) is 0 Å². The average Bonchev–Trinajstić information content (AvgIpc) is 2.15. The summed E-state index contributed by atoms with van der Waals surface area (Å²) in [5.41, 5.74) is 1.47. The molecule has 0 bridgehead atoms. The maximum atomic E-state index is 11.6. The van der Waals surface area contributed by atoms with Gasteiger partial charge in [-0.1, -0.05) is 0 Å². The fourth-order valence-electron chi connectivity index (χ4n) is 1.51. The monoisotopic (exact) mass is 222 g/mol. The standard InChI is InChI=1S/C10H10N2O2S/c1-7-5-9-8(3-4-11-12-9)10(6-7)15(2,13)14/h3-6H,1-2H3. The lowest BCUT2D eigenvalue weighted by atomic mass is 10.2. The summed E-state index contributed by atoms with van der Waals surface area (Å²) in [6.07, 6.45) is 2.69. The third-order valence-electron chi connectivity index (χ3n) is 2.14. The van der Waals surface area contributed by atoms with Crippen LogP contribution in [0.3, 0.4) is 0 Å². The fourth-order valence-corrected chi connectivity index (χ4v) is 2.48. The van der Waals surface area contributed by atoms with E-state index in [-0.39, 0.29) is 0 Å². The minimum Gasteiger partial charge on any atom is -0.224 e. The van der Waals surface area contributed by atoms with Crippen LogP contribution in [0.25, 0.3) is 10.9 Å². The number of nitrogens with zero attached hydrogens (tertiary/aromatic N) is 2. The normalized spacial score (nSPS) is 11.9. The second-order valence-electron chi connectivity index (χ2n) is 3.50. The first-order valence-electron chi connectivity index (χ1n) is 4.40. The average molecular weight is 222 g/mol. The van der Waals surface area contributed by atoms with Crippen molar-refractivity contribution in [1.29, 1.82) is 0 Å². The van der Waals surface area contributed by atoms with Crippen LogP contribution >= 0.6 is 0 Å². The highest BCUT2D eigenvalue weighted by Crippen LogP contribution is 2.22. The number of aromatic nitrogens is 2. The summed E-state index contributed by atoms with van der Waals surface area (Å²) in [5.74, 6) is 0. The molecule has 0 aliphatic heterocycles. The highest BCUT2D eigenvalue weighted by atomic mass is 32.2. The Morgan fingerprint density at radius 3 is 2.67 bits per heavy atom. The van der Waals surface area contributed by atoms with Crippen LogP contribution in [0, 0.1) is 6.92 Å². The molecule has 0 saturated heterocycles. The Morgan fingerprint density at radius 2 is 2.00 bits per heavy atom. The van der Waals surface area contributed by atoms with Crippen molar-refractivity contribution in [2.75, 3.05) is 6.26 Å². The van der Waals surface area contributed by atoms with Crippen LogP contribution in [-0.4, -0.2) is 24.9 Å². The van der Waals surface area contributed by atoms with Gasteiger partial charge < -0.3 is 0 Å². The van der Waals surface area contributed by atoms with E-state index in [0.717, 1.165) is 5.56 Å². The van der Waals surface area contributed by atoms with Crippen molar-refractivity contribution < 1.29 is 8.42 Å². The second-order valence-corrected chi connectivity index (χ2v) is 5.48. The Hall–Kier alpha value is -1.49. The summed E-state index contributed by atoms with van der Waals surface area (Å²) in [7, 11) is -3.22. The summed E-state index contributed by atoms with van der Waals surface area (Å²) in [6.45, 7) is 1.84. The van der Waals surface area contributed by atoms with E-state index >= 15 is 0 Å². The van der Waals surface area contributed by atoms with Gasteiger partial charge in [0, 0.05) is 11.6 Å². The molecule has 5 heteroatoms. The van der Waals surface area contributed by atoms with Crippen LogP contribution in [0.2, 0.25) is 0 Å². The van der Waals surface area contributed by atoms with Gasteiger partial charge in [0.2, 0.25) is 0 Å². The number of benzene rings is 1. The molecule has 0 aliphatic rings. The summed E-state index contributed by atoms with van der Waals surface area (Å²) in [6, 6.07) is 5.13. The van der Waals surface area contributed by atoms with Crippen molar-refractivity contribution in [2.45, 2.75) is 11.8 Å². The van der Waals surface area contributed by atoms with E-state index in [9.17, 15) is 8.42 Å². The SMILES string of the molecule is Cc1cc(S(C)(=O)=O)c2ccnnc2c1. The van der Waals surface area contributed by atoms with Gasteiger partial charge in [0.15, 0.2) is 9.84 Å². The first kappa shape index (κ1) is 10.0. The molecule has 1 aromatic heterocycles. The minimum absolute atomic E-state index is 0.312. The number of fused-ring (bicyclic) bond motifs is 1. The number of sulfone groups is 1. The van der Waals surface area contributed by atoms with Crippen LogP contribution in [-0.2, 0) is 9.84 Å². The molecular formula is C10H10N2O2S. The third kappa shape index (κ3) is 1.83. The Balaban J connectivity index is 2.96. The van der Waals surface area contributed by atoms with Gasteiger partial charge in [-0.3, -0.25) is 0 Å². The van der Waals surface area contributed by atoms with Gasteiger partial charge >= 0.3 is 0 Å². The van der Waals surface area contributed by atoms with Gasteiger partial charge in [0.25, 0.3) is 0 Å². The highest BCUT2D eigenvalue weighted by molar-refractivity contribution is 7.91. The first-order valence-corrected chi connectivity index (χ1v) is 6.30. The van der Waals surface area contributed by atoms with E-state index in [0.29, 0.717) is 15.8 Å². The molecular weight excluding hydrogens is 212 g/mol. The topological polar surface area (TPSA) is 59.9 Å².